The fraction of sp³-hybridized carbons (Fsp3) is 0.889. The number of methoxy groups -OCH3 is 1. The Morgan fingerprint density at radius 3 is 2.69 bits per heavy atom. The molecule has 4 heteroatoms. The van der Waals surface area contributed by atoms with Crippen molar-refractivity contribution in [3.05, 3.63) is 0 Å². The van der Waals surface area contributed by atoms with E-state index in [0.29, 0.717) is 13.0 Å². The van der Waals surface area contributed by atoms with E-state index in [1.807, 2.05) is 0 Å². The first-order valence-electron chi connectivity index (χ1n) is 4.70. The molecule has 0 spiro atoms. The van der Waals surface area contributed by atoms with Gasteiger partial charge in [0.1, 0.15) is 6.29 Å². The van der Waals surface area contributed by atoms with Crippen molar-refractivity contribution in [3.8, 4) is 0 Å². The van der Waals surface area contributed by atoms with Gasteiger partial charge in [-0.1, -0.05) is 0 Å². The van der Waals surface area contributed by atoms with Gasteiger partial charge in [-0.3, -0.25) is 0 Å². The minimum Gasteiger partial charge on any atom is -0.385 e. The second kappa shape index (κ2) is 9.64. The molecule has 0 saturated carbocycles. The fourth-order valence-electron chi connectivity index (χ4n) is 1.19. The SMILES string of the molecule is COCCCN(CCN)CCC=O. The molecule has 0 aliphatic carbocycles. The van der Waals surface area contributed by atoms with Gasteiger partial charge in [0.25, 0.3) is 0 Å². The van der Waals surface area contributed by atoms with E-state index in [1.54, 1.807) is 7.11 Å². The summed E-state index contributed by atoms with van der Waals surface area (Å²) in [6, 6.07) is 0. The van der Waals surface area contributed by atoms with Gasteiger partial charge in [-0.15, -0.1) is 0 Å². The molecule has 0 fully saturated rings. The molecule has 0 rings (SSSR count). The van der Waals surface area contributed by atoms with Crippen LogP contribution in [-0.2, 0) is 9.53 Å². The van der Waals surface area contributed by atoms with Crippen molar-refractivity contribution >= 4 is 6.29 Å². The monoisotopic (exact) mass is 188 g/mol. The van der Waals surface area contributed by atoms with E-state index in [9.17, 15) is 4.79 Å². The molecule has 0 bridgehead atoms. The summed E-state index contributed by atoms with van der Waals surface area (Å²) in [6.07, 6.45) is 2.53. The van der Waals surface area contributed by atoms with E-state index in [4.69, 9.17) is 10.5 Å². The summed E-state index contributed by atoms with van der Waals surface area (Å²) < 4.78 is 4.95. The number of ether oxygens (including phenoxy) is 1. The molecule has 2 N–H and O–H groups in total. The average molecular weight is 188 g/mol. The van der Waals surface area contributed by atoms with Gasteiger partial charge < -0.3 is 20.2 Å². The number of aldehydes is 1. The van der Waals surface area contributed by atoms with Crippen LogP contribution in [0.5, 0.6) is 0 Å². The molecule has 0 aliphatic heterocycles. The Labute approximate surface area is 80.0 Å². The van der Waals surface area contributed by atoms with Crippen LogP contribution in [0.25, 0.3) is 0 Å². The van der Waals surface area contributed by atoms with Gasteiger partial charge >= 0.3 is 0 Å². The largest absolute Gasteiger partial charge is 0.385 e. The molecule has 0 atom stereocenters. The molecule has 78 valence electrons. The fourth-order valence-corrected chi connectivity index (χ4v) is 1.19. The van der Waals surface area contributed by atoms with Crippen LogP contribution in [-0.4, -0.2) is 51.1 Å². The molecule has 4 nitrogen and oxygen atoms in total. The van der Waals surface area contributed by atoms with Crippen molar-refractivity contribution in [2.45, 2.75) is 12.8 Å². The molecule has 0 aliphatic rings. The zero-order valence-corrected chi connectivity index (χ0v) is 8.37. The maximum absolute atomic E-state index is 10.2. The molecule has 0 amide bonds. The van der Waals surface area contributed by atoms with Crippen molar-refractivity contribution in [1.82, 2.24) is 4.90 Å². The van der Waals surface area contributed by atoms with Crippen LogP contribution >= 0.6 is 0 Å². The molecule has 0 saturated heterocycles. The lowest BCUT2D eigenvalue weighted by atomic mass is 10.3. The summed E-state index contributed by atoms with van der Waals surface area (Å²) in [5, 5.41) is 0. The summed E-state index contributed by atoms with van der Waals surface area (Å²) in [6.45, 7) is 4.04. The topological polar surface area (TPSA) is 55.6 Å². The third-order valence-electron chi connectivity index (χ3n) is 1.83. The number of carbonyl (C=O) groups excluding carboxylic acids is 1. The second-order valence-electron chi connectivity index (χ2n) is 2.93. The summed E-state index contributed by atoms with van der Waals surface area (Å²) in [7, 11) is 1.69. The Balaban J connectivity index is 3.46. The summed E-state index contributed by atoms with van der Waals surface area (Å²) in [4.78, 5) is 12.3. The molecule has 0 aromatic heterocycles. The molecule has 0 radical (unpaired) electrons. The molecular formula is C9H20N2O2. The number of nitrogens with zero attached hydrogens (tertiary/aromatic N) is 1. The van der Waals surface area contributed by atoms with Crippen LogP contribution in [0.3, 0.4) is 0 Å². The van der Waals surface area contributed by atoms with Crippen LogP contribution in [0.4, 0.5) is 0 Å². The van der Waals surface area contributed by atoms with E-state index in [-0.39, 0.29) is 0 Å². The maximum atomic E-state index is 10.2. The predicted octanol–water partition coefficient (Wildman–Crippen LogP) is -0.127. The van der Waals surface area contributed by atoms with Gasteiger partial charge in [0.05, 0.1) is 0 Å². The third kappa shape index (κ3) is 7.90. The maximum Gasteiger partial charge on any atom is 0.121 e. The Hall–Kier alpha value is -0.450. The Bertz CT molecular complexity index is 120. The molecule has 0 aromatic rings. The normalized spacial score (nSPS) is 10.7. The van der Waals surface area contributed by atoms with Crippen molar-refractivity contribution in [1.29, 1.82) is 0 Å². The highest BCUT2D eigenvalue weighted by molar-refractivity contribution is 5.49. The summed E-state index contributed by atoms with van der Waals surface area (Å²) in [5.74, 6) is 0. The van der Waals surface area contributed by atoms with Gasteiger partial charge in [-0.25, -0.2) is 0 Å². The minimum atomic E-state index is 0.590. The van der Waals surface area contributed by atoms with Gasteiger partial charge in [0.15, 0.2) is 0 Å². The summed E-state index contributed by atoms with van der Waals surface area (Å²) >= 11 is 0. The molecule has 13 heavy (non-hydrogen) atoms. The first-order chi connectivity index (χ1) is 6.35. The third-order valence-corrected chi connectivity index (χ3v) is 1.83. The number of rotatable bonds is 9. The highest BCUT2D eigenvalue weighted by Gasteiger charge is 2.01. The van der Waals surface area contributed by atoms with Crippen LogP contribution in [0, 0.1) is 0 Å². The lowest BCUT2D eigenvalue weighted by molar-refractivity contribution is -0.108. The van der Waals surface area contributed by atoms with Crippen molar-refractivity contribution in [2.24, 2.45) is 5.73 Å². The Kier molecular flexibility index (Phi) is 9.30. The lowest BCUT2D eigenvalue weighted by Crippen LogP contribution is -2.32. The predicted molar refractivity (Wildman–Crippen MR) is 52.7 cm³/mol. The van der Waals surface area contributed by atoms with Crippen molar-refractivity contribution < 1.29 is 9.53 Å². The number of hydrogen-bond donors (Lipinski definition) is 1. The van der Waals surface area contributed by atoms with Gasteiger partial charge in [-0.2, -0.15) is 0 Å². The number of nitrogens with two attached hydrogens (primary N) is 1. The highest BCUT2D eigenvalue weighted by Crippen LogP contribution is 1.92. The smallest absolute Gasteiger partial charge is 0.121 e. The first kappa shape index (κ1) is 12.6. The lowest BCUT2D eigenvalue weighted by Gasteiger charge is -2.19. The Morgan fingerprint density at radius 2 is 2.15 bits per heavy atom. The van der Waals surface area contributed by atoms with Crippen LogP contribution < -0.4 is 5.73 Å². The second-order valence-corrected chi connectivity index (χ2v) is 2.93. The highest BCUT2D eigenvalue weighted by atomic mass is 16.5. The van der Waals surface area contributed by atoms with Gasteiger partial charge in [-0.05, 0) is 6.42 Å². The zero-order valence-electron chi connectivity index (χ0n) is 8.37. The number of carbonyl (C=O) groups is 1. The minimum absolute atomic E-state index is 0.590. The summed E-state index contributed by atoms with van der Waals surface area (Å²) in [5.41, 5.74) is 5.44. The number of hydrogen-bond acceptors (Lipinski definition) is 4. The van der Waals surface area contributed by atoms with E-state index in [2.05, 4.69) is 4.90 Å². The quantitative estimate of drug-likeness (QED) is 0.404. The van der Waals surface area contributed by atoms with E-state index in [1.165, 1.54) is 0 Å². The zero-order chi connectivity index (χ0) is 9.94. The molecular weight excluding hydrogens is 168 g/mol. The van der Waals surface area contributed by atoms with E-state index < -0.39 is 0 Å². The standard InChI is InChI=1S/C9H20N2O2/c1-13-9-3-6-11(7-4-10)5-2-8-12/h8H,2-7,9-10H2,1H3. The van der Waals surface area contributed by atoms with Crippen molar-refractivity contribution in [2.75, 3.05) is 39.9 Å². The van der Waals surface area contributed by atoms with Crippen LogP contribution in [0.1, 0.15) is 12.8 Å². The van der Waals surface area contributed by atoms with Crippen LogP contribution in [0.15, 0.2) is 0 Å². The molecule has 0 heterocycles. The van der Waals surface area contributed by atoms with E-state index in [0.717, 1.165) is 38.9 Å². The van der Waals surface area contributed by atoms with Gasteiger partial charge in [0, 0.05) is 46.3 Å². The first-order valence-corrected chi connectivity index (χ1v) is 4.70. The molecule has 0 unspecified atom stereocenters. The van der Waals surface area contributed by atoms with Crippen molar-refractivity contribution in [3.63, 3.8) is 0 Å². The average Bonchev–Trinajstić information content (AvgIpc) is 2.14. The Morgan fingerprint density at radius 1 is 1.38 bits per heavy atom. The van der Waals surface area contributed by atoms with Gasteiger partial charge in [0.2, 0.25) is 0 Å². The van der Waals surface area contributed by atoms with E-state index >= 15 is 0 Å². The molecule has 0 aromatic carbocycles. The van der Waals surface area contributed by atoms with Crippen LogP contribution in [0.2, 0.25) is 0 Å².